The smallest absolute Gasteiger partial charge is 0.152 e. The fourth-order valence-electron chi connectivity index (χ4n) is 1.45. The van der Waals surface area contributed by atoms with Crippen molar-refractivity contribution in [1.82, 2.24) is 4.90 Å². The molecule has 82 valence electrons. The molecule has 2 N–H and O–H groups in total. The summed E-state index contributed by atoms with van der Waals surface area (Å²) in [5.41, 5.74) is 5.37. The minimum Gasteiger partial charge on any atom is -0.393 e. The Morgan fingerprint density at radius 2 is 1.93 bits per heavy atom. The predicted molar refractivity (Wildman–Crippen MR) is 61.1 cm³/mol. The Balaban J connectivity index is 2.19. The van der Waals surface area contributed by atoms with Crippen molar-refractivity contribution in [3.8, 4) is 0 Å². The Morgan fingerprint density at radius 3 is 2.43 bits per heavy atom. The summed E-state index contributed by atoms with van der Waals surface area (Å²) >= 11 is 4.76. The van der Waals surface area contributed by atoms with E-state index in [9.17, 15) is 8.42 Å². The van der Waals surface area contributed by atoms with Gasteiger partial charge in [0.1, 0.15) is 0 Å². The molecule has 0 bridgehead atoms. The van der Waals surface area contributed by atoms with Crippen LogP contribution in [-0.2, 0) is 9.84 Å². The first-order chi connectivity index (χ1) is 6.49. The summed E-state index contributed by atoms with van der Waals surface area (Å²) in [5, 5.41) is 0. The van der Waals surface area contributed by atoms with E-state index in [1.807, 2.05) is 0 Å². The number of hydrogen-bond acceptors (Lipinski definition) is 4. The second-order valence-electron chi connectivity index (χ2n) is 3.56. The van der Waals surface area contributed by atoms with Crippen molar-refractivity contribution in [2.45, 2.75) is 12.8 Å². The van der Waals surface area contributed by atoms with Crippen molar-refractivity contribution >= 4 is 27.0 Å². The summed E-state index contributed by atoms with van der Waals surface area (Å²) < 4.78 is 22.2. The minimum atomic E-state index is -2.75. The number of sulfone groups is 1. The van der Waals surface area contributed by atoms with E-state index in [-0.39, 0.29) is 0 Å². The van der Waals surface area contributed by atoms with Gasteiger partial charge in [-0.25, -0.2) is 8.42 Å². The topological polar surface area (TPSA) is 63.4 Å². The number of nitrogens with zero attached hydrogens (tertiary/aromatic N) is 1. The molecule has 0 radical (unpaired) electrons. The molecule has 1 aliphatic rings. The van der Waals surface area contributed by atoms with Crippen molar-refractivity contribution in [3.63, 3.8) is 0 Å². The third kappa shape index (κ3) is 4.34. The van der Waals surface area contributed by atoms with Gasteiger partial charge >= 0.3 is 0 Å². The molecule has 14 heavy (non-hydrogen) atoms. The van der Waals surface area contributed by atoms with E-state index in [1.165, 1.54) is 0 Å². The first kappa shape index (κ1) is 11.9. The Hall–Kier alpha value is -0.200. The van der Waals surface area contributed by atoms with Gasteiger partial charge in [-0.15, -0.1) is 0 Å². The highest BCUT2D eigenvalue weighted by Gasteiger charge is 2.20. The van der Waals surface area contributed by atoms with Gasteiger partial charge < -0.3 is 10.6 Å². The molecule has 1 fully saturated rings. The van der Waals surface area contributed by atoms with Crippen LogP contribution in [0.25, 0.3) is 0 Å². The predicted octanol–water partition coefficient (Wildman–Crippen LogP) is -0.217. The number of nitrogens with two attached hydrogens (primary N) is 1. The van der Waals surface area contributed by atoms with Gasteiger partial charge in [0.05, 0.1) is 16.5 Å². The fraction of sp³-hybridized carbons (Fsp3) is 0.875. The zero-order valence-electron chi connectivity index (χ0n) is 8.11. The maximum atomic E-state index is 11.1. The molecule has 1 heterocycles. The van der Waals surface area contributed by atoms with E-state index < -0.39 is 9.84 Å². The molecule has 0 aromatic heterocycles. The monoisotopic (exact) mass is 236 g/mol. The van der Waals surface area contributed by atoms with Crippen LogP contribution >= 0.6 is 12.2 Å². The zero-order valence-corrected chi connectivity index (χ0v) is 9.74. The molecule has 6 heteroatoms. The first-order valence-electron chi connectivity index (χ1n) is 4.71. The van der Waals surface area contributed by atoms with Gasteiger partial charge in [0, 0.05) is 13.1 Å². The standard InChI is InChI=1S/C8H16N2O2S2/c9-8(13)2-1-3-10-4-6-14(11,12)7-5-10/h1-7H2,(H2,9,13). The highest BCUT2D eigenvalue weighted by atomic mass is 32.2. The number of hydrogen-bond donors (Lipinski definition) is 1. The first-order valence-corrected chi connectivity index (χ1v) is 6.94. The van der Waals surface area contributed by atoms with Gasteiger partial charge in [-0.1, -0.05) is 12.2 Å². The highest BCUT2D eigenvalue weighted by Crippen LogP contribution is 2.04. The quantitative estimate of drug-likeness (QED) is 0.684. The van der Waals surface area contributed by atoms with Crippen LogP contribution < -0.4 is 5.73 Å². The Bertz CT molecular complexity index is 286. The van der Waals surface area contributed by atoms with Crippen LogP contribution in [0.3, 0.4) is 0 Å². The molecule has 0 aromatic carbocycles. The fourth-order valence-corrected chi connectivity index (χ4v) is 2.87. The Labute approximate surface area is 90.4 Å². The van der Waals surface area contributed by atoms with E-state index in [1.54, 1.807) is 0 Å². The average Bonchev–Trinajstić information content (AvgIpc) is 2.07. The van der Waals surface area contributed by atoms with E-state index in [4.69, 9.17) is 18.0 Å². The molecule has 1 rings (SSSR count). The molecule has 1 aliphatic heterocycles. The third-order valence-corrected chi connectivity index (χ3v) is 4.15. The van der Waals surface area contributed by atoms with Crippen molar-refractivity contribution < 1.29 is 8.42 Å². The molecule has 0 aromatic rings. The lowest BCUT2D eigenvalue weighted by Gasteiger charge is -2.26. The summed E-state index contributed by atoms with van der Waals surface area (Å²) in [6, 6.07) is 0. The summed E-state index contributed by atoms with van der Waals surface area (Å²) in [6.45, 7) is 2.20. The van der Waals surface area contributed by atoms with Crippen molar-refractivity contribution in [3.05, 3.63) is 0 Å². The van der Waals surface area contributed by atoms with Gasteiger partial charge in [0.2, 0.25) is 0 Å². The van der Waals surface area contributed by atoms with Crippen LogP contribution in [0.1, 0.15) is 12.8 Å². The SMILES string of the molecule is NC(=S)CCCN1CCS(=O)(=O)CC1. The van der Waals surface area contributed by atoms with Gasteiger partial charge in [0.15, 0.2) is 9.84 Å². The molecular weight excluding hydrogens is 220 g/mol. The van der Waals surface area contributed by atoms with Gasteiger partial charge in [-0.3, -0.25) is 0 Å². The third-order valence-electron chi connectivity index (χ3n) is 2.33. The van der Waals surface area contributed by atoms with Crippen molar-refractivity contribution in [1.29, 1.82) is 0 Å². The van der Waals surface area contributed by atoms with Crippen LogP contribution in [0.2, 0.25) is 0 Å². The second kappa shape index (κ2) is 5.04. The maximum Gasteiger partial charge on any atom is 0.152 e. The van der Waals surface area contributed by atoms with Crippen LogP contribution in [-0.4, -0.2) is 49.4 Å². The normalized spacial score (nSPS) is 22.0. The summed E-state index contributed by atoms with van der Waals surface area (Å²) in [4.78, 5) is 2.69. The minimum absolute atomic E-state index is 0.292. The zero-order chi connectivity index (χ0) is 10.6. The largest absolute Gasteiger partial charge is 0.393 e. The van der Waals surface area contributed by atoms with Crippen LogP contribution in [0.5, 0.6) is 0 Å². The average molecular weight is 236 g/mol. The molecule has 1 saturated heterocycles. The van der Waals surface area contributed by atoms with Crippen LogP contribution in [0, 0.1) is 0 Å². The molecule has 4 nitrogen and oxygen atoms in total. The molecule has 0 saturated carbocycles. The number of thiocarbonyl (C=S) groups is 1. The van der Waals surface area contributed by atoms with Gasteiger partial charge in [-0.2, -0.15) is 0 Å². The lowest BCUT2D eigenvalue weighted by Crippen LogP contribution is -2.40. The molecule has 0 unspecified atom stereocenters. The van der Waals surface area contributed by atoms with Crippen molar-refractivity contribution in [2.75, 3.05) is 31.1 Å². The molecule has 0 aliphatic carbocycles. The van der Waals surface area contributed by atoms with Crippen LogP contribution in [0.15, 0.2) is 0 Å². The van der Waals surface area contributed by atoms with E-state index in [0.29, 0.717) is 29.6 Å². The lowest BCUT2D eigenvalue weighted by atomic mass is 10.3. The highest BCUT2D eigenvalue weighted by molar-refractivity contribution is 7.91. The van der Waals surface area contributed by atoms with Crippen LogP contribution in [0.4, 0.5) is 0 Å². The molecule has 0 spiro atoms. The maximum absolute atomic E-state index is 11.1. The van der Waals surface area contributed by atoms with E-state index in [2.05, 4.69) is 4.90 Å². The van der Waals surface area contributed by atoms with E-state index >= 15 is 0 Å². The summed E-state index contributed by atoms with van der Waals surface area (Å²) in [6.07, 6.45) is 1.67. The van der Waals surface area contributed by atoms with E-state index in [0.717, 1.165) is 19.4 Å². The number of rotatable bonds is 4. The molecular formula is C8H16N2O2S2. The van der Waals surface area contributed by atoms with Gasteiger partial charge in [0.25, 0.3) is 0 Å². The summed E-state index contributed by atoms with van der Waals surface area (Å²) in [5.74, 6) is 0.583. The molecule has 0 atom stereocenters. The Kier molecular flexibility index (Phi) is 4.28. The summed E-state index contributed by atoms with van der Waals surface area (Å²) in [7, 11) is -2.75. The van der Waals surface area contributed by atoms with Crippen molar-refractivity contribution in [2.24, 2.45) is 5.73 Å². The second-order valence-corrected chi connectivity index (χ2v) is 6.39. The molecule has 0 amide bonds. The van der Waals surface area contributed by atoms with Gasteiger partial charge in [-0.05, 0) is 19.4 Å². The lowest BCUT2D eigenvalue weighted by molar-refractivity contribution is 0.294. The Morgan fingerprint density at radius 1 is 1.36 bits per heavy atom.